The Morgan fingerprint density at radius 1 is 1.12 bits per heavy atom. The molecule has 3 N–H and O–H groups in total. The van der Waals surface area contributed by atoms with Crippen molar-refractivity contribution >= 4 is 28.0 Å². The maximum absolute atomic E-state index is 13.5. The number of likely N-dealkylation sites (tertiary alicyclic amines) is 2. The molecule has 0 bridgehead atoms. The summed E-state index contributed by atoms with van der Waals surface area (Å²) < 4.78 is 30.6. The van der Waals surface area contributed by atoms with E-state index >= 15 is 0 Å². The Morgan fingerprint density at radius 3 is 2.73 bits per heavy atom. The highest BCUT2D eigenvalue weighted by Gasteiger charge is 2.26. The number of piperidine rings is 2. The fourth-order valence-electron chi connectivity index (χ4n) is 5.98. The first kappa shape index (κ1) is 27.6. The van der Waals surface area contributed by atoms with Crippen LogP contribution in [0.15, 0.2) is 53.1 Å². The molecular weight excluding hydrogens is 527 g/mol. The molecule has 2 aromatic heterocycles. The van der Waals surface area contributed by atoms with Crippen LogP contribution in [0.4, 0.5) is 9.18 Å². The van der Waals surface area contributed by atoms with Crippen molar-refractivity contribution in [3.8, 4) is 11.6 Å². The van der Waals surface area contributed by atoms with E-state index in [9.17, 15) is 14.3 Å². The van der Waals surface area contributed by atoms with Crippen LogP contribution >= 0.6 is 0 Å². The van der Waals surface area contributed by atoms with Crippen molar-refractivity contribution in [1.82, 2.24) is 20.1 Å². The number of amides is 1. The van der Waals surface area contributed by atoms with E-state index < -0.39 is 6.09 Å². The SMILES string of the molecule is C[C@@H](CN1CCC(NC(=O)Oc2cc3c(OCc4coc5cc(F)ccc45)cccc3[nH]2)CC1)N1CCC(O)CC1. The molecule has 0 aliphatic carbocycles. The second-order valence-electron chi connectivity index (χ2n) is 11.3. The monoisotopic (exact) mass is 564 g/mol. The van der Waals surface area contributed by atoms with Crippen LogP contribution in [0.1, 0.15) is 38.2 Å². The molecule has 10 heteroatoms. The van der Waals surface area contributed by atoms with Gasteiger partial charge in [-0.05, 0) is 56.9 Å². The number of carbonyl (C=O) groups is 1. The molecule has 1 atom stereocenters. The molecule has 6 rings (SSSR count). The van der Waals surface area contributed by atoms with Crippen LogP contribution in [0.25, 0.3) is 21.9 Å². The lowest BCUT2D eigenvalue weighted by Crippen LogP contribution is -2.50. The number of fused-ring (bicyclic) bond motifs is 2. The first-order valence-electron chi connectivity index (χ1n) is 14.4. The van der Waals surface area contributed by atoms with Gasteiger partial charge in [0.25, 0.3) is 0 Å². The number of halogens is 1. The number of benzene rings is 2. The normalized spacial score (nSPS) is 18.6. The molecule has 2 fully saturated rings. The van der Waals surface area contributed by atoms with Crippen LogP contribution in [0.5, 0.6) is 11.6 Å². The Bertz CT molecular complexity index is 1490. The second-order valence-corrected chi connectivity index (χ2v) is 11.3. The largest absolute Gasteiger partial charge is 0.488 e. The highest BCUT2D eigenvalue weighted by molar-refractivity contribution is 5.88. The Hall–Kier alpha value is -3.60. The van der Waals surface area contributed by atoms with E-state index in [2.05, 4.69) is 27.0 Å². The summed E-state index contributed by atoms with van der Waals surface area (Å²) in [6.45, 7) is 7.28. The number of aromatic amines is 1. The number of hydrogen-bond donors (Lipinski definition) is 3. The predicted octanol–water partition coefficient (Wildman–Crippen LogP) is 5.03. The van der Waals surface area contributed by atoms with Gasteiger partial charge in [-0.25, -0.2) is 9.18 Å². The van der Waals surface area contributed by atoms with Crippen LogP contribution in [0.3, 0.4) is 0 Å². The van der Waals surface area contributed by atoms with E-state index in [1.54, 1.807) is 18.4 Å². The standard InChI is InChI=1S/C31H37FN4O5/c1-20(36-13-9-24(37)10-14-36)17-35-11-7-23(8-12-35)33-31(38)41-30-16-26-27(34-30)3-2-4-28(26)39-18-21-19-40-29-15-22(32)5-6-25(21)29/h2-6,15-16,19-20,23-24,34,37H,7-14,17-18H2,1H3,(H,33,38)/t20-/m0/s1. The fourth-order valence-corrected chi connectivity index (χ4v) is 5.98. The minimum absolute atomic E-state index is 0.0701. The maximum atomic E-state index is 13.5. The van der Waals surface area contributed by atoms with Crippen molar-refractivity contribution in [2.24, 2.45) is 0 Å². The third kappa shape index (κ3) is 6.50. The van der Waals surface area contributed by atoms with Gasteiger partial charge < -0.3 is 34.2 Å². The molecule has 9 nitrogen and oxygen atoms in total. The van der Waals surface area contributed by atoms with E-state index in [1.165, 1.54) is 12.1 Å². The zero-order valence-electron chi connectivity index (χ0n) is 23.3. The summed E-state index contributed by atoms with van der Waals surface area (Å²) in [5.74, 6) is 0.627. The molecule has 4 heterocycles. The Balaban J connectivity index is 0.994. The fraction of sp³-hybridized carbons (Fsp3) is 0.452. The van der Waals surface area contributed by atoms with Gasteiger partial charge in [0.2, 0.25) is 5.88 Å². The van der Waals surface area contributed by atoms with Crippen molar-refractivity contribution in [1.29, 1.82) is 0 Å². The molecule has 2 aliphatic heterocycles. The number of aromatic nitrogens is 1. The van der Waals surface area contributed by atoms with Gasteiger partial charge in [0.05, 0.1) is 17.9 Å². The van der Waals surface area contributed by atoms with Gasteiger partial charge in [0, 0.05) is 73.3 Å². The molecule has 4 aromatic rings. The number of furan rings is 1. The number of ether oxygens (including phenoxy) is 2. The lowest BCUT2D eigenvalue weighted by Gasteiger charge is -2.39. The molecule has 0 spiro atoms. The number of nitrogens with zero attached hydrogens (tertiary/aromatic N) is 2. The molecule has 0 radical (unpaired) electrons. The molecule has 2 aliphatic rings. The average molecular weight is 565 g/mol. The summed E-state index contributed by atoms with van der Waals surface area (Å²) in [6.07, 6.45) is 4.41. The molecule has 0 unspecified atom stereocenters. The zero-order chi connectivity index (χ0) is 28.3. The number of nitrogens with one attached hydrogen (secondary N) is 2. The first-order chi connectivity index (χ1) is 19.9. The van der Waals surface area contributed by atoms with Gasteiger partial charge in [-0.3, -0.25) is 4.90 Å². The van der Waals surface area contributed by atoms with Crippen LogP contribution in [0, 0.1) is 5.82 Å². The van der Waals surface area contributed by atoms with Gasteiger partial charge in [-0.1, -0.05) is 6.07 Å². The third-order valence-electron chi connectivity index (χ3n) is 8.36. The molecular formula is C31H37FN4O5. The average Bonchev–Trinajstić information content (AvgIpc) is 3.56. The molecule has 2 aromatic carbocycles. The van der Waals surface area contributed by atoms with Crippen LogP contribution in [-0.2, 0) is 6.61 Å². The molecule has 1 amide bonds. The van der Waals surface area contributed by atoms with Gasteiger partial charge in [0.1, 0.15) is 23.8 Å². The van der Waals surface area contributed by atoms with Crippen LogP contribution in [-0.4, -0.2) is 76.9 Å². The minimum atomic E-state index is -0.477. The van der Waals surface area contributed by atoms with Gasteiger partial charge in [0.15, 0.2) is 0 Å². The molecule has 0 saturated carbocycles. The van der Waals surface area contributed by atoms with Crippen molar-refractivity contribution in [2.45, 2.75) is 57.4 Å². The van der Waals surface area contributed by atoms with E-state index in [0.717, 1.165) is 80.3 Å². The number of H-pyrrole nitrogens is 1. The smallest absolute Gasteiger partial charge is 0.414 e. The lowest BCUT2D eigenvalue weighted by atomic mass is 10.0. The van der Waals surface area contributed by atoms with E-state index in [0.29, 0.717) is 23.3 Å². The number of aliphatic hydroxyl groups is 1. The minimum Gasteiger partial charge on any atom is -0.488 e. The molecule has 218 valence electrons. The number of rotatable bonds is 8. The summed E-state index contributed by atoms with van der Waals surface area (Å²) in [4.78, 5) is 20.8. The van der Waals surface area contributed by atoms with Crippen LogP contribution in [0.2, 0.25) is 0 Å². The van der Waals surface area contributed by atoms with E-state index in [-0.39, 0.29) is 24.6 Å². The van der Waals surface area contributed by atoms with Crippen molar-refractivity contribution in [3.63, 3.8) is 0 Å². The second kappa shape index (κ2) is 12.1. The highest BCUT2D eigenvalue weighted by atomic mass is 19.1. The lowest BCUT2D eigenvalue weighted by molar-refractivity contribution is 0.0501. The number of carbonyl (C=O) groups excluding carboxylic acids is 1. The Labute approximate surface area is 238 Å². The van der Waals surface area contributed by atoms with E-state index in [4.69, 9.17) is 13.9 Å². The highest BCUT2D eigenvalue weighted by Crippen LogP contribution is 2.31. The summed E-state index contributed by atoms with van der Waals surface area (Å²) >= 11 is 0. The topological polar surface area (TPSA) is 103 Å². The Kier molecular flexibility index (Phi) is 8.13. The van der Waals surface area contributed by atoms with Gasteiger partial charge in [-0.15, -0.1) is 0 Å². The first-order valence-corrected chi connectivity index (χ1v) is 14.4. The number of hydrogen-bond acceptors (Lipinski definition) is 7. The van der Waals surface area contributed by atoms with Crippen molar-refractivity contribution < 1.29 is 28.2 Å². The number of aliphatic hydroxyl groups excluding tert-OH is 1. The van der Waals surface area contributed by atoms with Gasteiger partial charge in [-0.2, -0.15) is 0 Å². The molecule has 41 heavy (non-hydrogen) atoms. The van der Waals surface area contributed by atoms with E-state index in [1.807, 2.05) is 18.2 Å². The predicted molar refractivity (Wildman–Crippen MR) is 154 cm³/mol. The van der Waals surface area contributed by atoms with Crippen molar-refractivity contribution in [3.05, 3.63) is 60.1 Å². The van der Waals surface area contributed by atoms with Crippen LogP contribution < -0.4 is 14.8 Å². The zero-order valence-corrected chi connectivity index (χ0v) is 23.3. The maximum Gasteiger partial charge on any atom is 0.414 e. The summed E-state index contributed by atoms with van der Waals surface area (Å²) in [7, 11) is 0. The quantitative estimate of drug-likeness (QED) is 0.276. The van der Waals surface area contributed by atoms with Crippen molar-refractivity contribution in [2.75, 3.05) is 32.7 Å². The summed E-state index contributed by atoms with van der Waals surface area (Å²) in [5.41, 5.74) is 2.08. The third-order valence-corrected chi connectivity index (χ3v) is 8.36. The Morgan fingerprint density at radius 2 is 1.93 bits per heavy atom. The van der Waals surface area contributed by atoms with Gasteiger partial charge >= 0.3 is 6.09 Å². The summed E-state index contributed by atoms with van der Waals surface area (Å²) in [5, 5.41) is 14.4. The summed E-state index contributed by atoms with van der Waals surface area (Å²) in [6, 6.07) is 12.3. The molecule has 2 saturated heterocycles.